The van der Waals surface area contributed by atoms with E-state index < -0.39 is 34.0 Å². The zero-order valence-corrected chi connectivity index (χ0v) is 21.5. The summed E-state index contributed by atoms with van der Waals surface area (Å²) in [5.41, 5.74) is 1.41. The second kappa shape index (κ2) is 10.9. The van der Waals surface area contributed by atoms with Crippen molar-refractivity contribution < 1.29 is 26.3 Å². The second-order valence-electron chi connectivity index (χ2n) is 10.4. The number of hydrogen-bond acceptors (Lipinski definition) is 5. The summed E-state index contributed by atoms with van der Waals surface area (Å²) in [7, 11) is -3.47. The molecule has 2 fully saturated rings. The van der Waals surface area contributed by atoms with E-state index in [9.17, 15) is 21.6 Å². The monoisotopic (exact) mass is 537 g/mol. The van der Waals surface area contributed by atoms with Gasteiger partial charge in [0.05, 0.1) is 29.6 Å². The number of sulfonamides is 1. The van der Waals surface area contributed by atoms with Crippen LogP contribution in [0.2, 0.25) is 0 Å². The molecule has 2 aromatic carbocycles. The first-order valence-electron chi connectivity index (χ1n) is 13.1. The summed E-state index contributed by atoms with van der Waals surface area (Å²) in [6.07, 6.45) is -1.11. The maximum absolute atomic E-state index is 13.5. The Labute approximate surface area is 216 Å². The molecule has 37 heavy (non-hydrogen) atoms. The third kappa shape index (κ3) is 6.66. The van der Waals surface area contributed by atoms with Gasteiger partial charge < -0.3 is 15.4 Å². The van der Waals surface area contributed by atoms with Gasteiger partial charge in [0, 0.05) is 23.7 Å². The molecule has 1 saturated carbocycles. The average Bonchev–Trinajstić information content (AvgIpc) is 3.71. The Balaban J connectivity index is 1.27. The summed E-state index contributed by atoms with van der Waals surface area (Å²) >= 11 is 0. The van der Waals surface area contributed by atoms with Crippen LogP contribution in [0.3, 0.4) is 0 Å². The van der Waals surface area contributed by atoms with Gasteiger partial charge >= 0.3 is 6.18 Å². The highest BCUT2D eigenvalue weighted by Gasteiger charge is 2.43. The molecule has 0 unspecified atom stereocenters. The van der Waals surface area contributed by atoms with Gasteiger partial charge in [0.1, 0.15) is 0 Å². The lowest BCUT2D eigenvalue weighted by atomic mass is 9.76. The number of ether oxygens (including phenoxy) is 1. The third-order valence-corrected chi connectivity index (χ3v) is 8.99. The molecule has 4 atom stereocenters. The summed E-state index contributed by atoms with van der Waals surface area (Å²) < 4.78 is 74.6. The van der Waals surface area contributed by atoms with E-state index in [-0.39, 0.29) is 24.3 Å². The van der Waals surface area contributed by atoms with Crippen LogP contribution in [0.1, 0.15) is 60.9 Å². The van der Waals surface area contributed by atoms with E-state index in [4.69, 9.17) is 4.74 Å². The van der Waals surface area contributed by atoms with E-state index in [1.165, 1.54) is 25.0 Å². The van der Waals surface area contributed by atoms with Gasteiger partial charge in [-0.1, -0.05) is 30.3 Å². The molecule has 2 heterocycles. The van der Waals surface area contributed by atoms with Crippen LogP contribution in [0.25, 0.3) is 0 Å². The van der Waals surface area contributed by atoms with Crippen molar-refractivity contribution >= 4 is 15.7 Å². The van der Waals surface area contributed by atoms with E-state index in [0.29, 0.717) is 37.1 Å². The van der Waals surface area contributed by atoms with Gasteiger partial charge in [0.15, 0.2) is 0 Å². The van der Waals surface area contributed by atoms with Crippen LogP contribution in [0.5, 0.6) is 0 Å². The van der Waals surface area contributed by atoms with Crippen molar-refractivity contribution in [3.63, 3.8) is 0 Å². The zero-order chi connectivity index (χ0) is 26.0. The molecule has 2 aliphatic heterocycles. The molecule has 0 amide bonds. The molecule has 2 aromatic rings. The molecule has 3 aliphatic rings. The molecule has 1 saturated heterocycles. The summed E-state index contributed by atoms with van der Waals surface area (Å²) in [5, 5.41) is 6.74. The number of fused-ring (bicyclic) bond motifs is 3. The minimum Gasteiger partial charge on any atom is -0.378 e. The zero-order valence-electron chi connectivity index (χ0n) is 20.6. The molecule has 6 nitrogen and oxygen atoms in total. The molecule has 0 aromatic heterocycles. The van der Waals surface area contributed by atoms with Crippen LogP contribution in [-0.2, 0) is 20.9 Å². The lowest BCUT2D eigenvalue weighted by Crippen LogP contribution is -2.43. The smallest absolute Gasteiger partial charge is 0.378 e. The topological polar surface area (TPSA) is 79.5 Å². The Morgan fingerprint density at radius 3 is 2.51 bits per heavy atom. The van der Waals surface area contributed by atoms with Crippen molar-refractivity contribution in [1.29, 1.82) is 0 Å². The summed E-state index contributed by atoms with van der Waals surface area (Å²) in [5.74, 6) is 0.695. The maximum atomic E-state index is 13.5. The molecular formula is C27H34F3N3O3S. The van der Waals surface area contributed by atoms with E-state index in [0.717, 1.165) is 24.1 Å². The molecule has 0 bridgehead atoms. The highest BCUT2D eigenvalue weighted by Crippen LogP contribution is 2.51. The van der Waals surface area contributed by atoms with Crippen molar-refractivity contribution in [1.82, 2.24) is 10.0 Å². The van der Waals surface area contributed by atoms with Crippen LogP contribution in [0.4, 0.5) is 18.9 Å². The Hall–Kier alpha value is -2.14. The Morgan fingerprint density at radius 2 is 1.78 bits per heavy atom. The fourth-order valence-electron chi connectivity index (χ4n) is 5.38. The second-order valence-corrected chi connectivity index (χ2v) is 12.3. The number of anilines is 1. The van der Waals surface area contributed by atoms with Gasteiger partial charge in [-0.05, 0) is 74.9 Å². The molecule has 202 valence electrons. The van der Waals surface area contributed by atoms with Gasteiger partial charge in [-0.2, -0.15) is 13.2 Å². The molecule has 0 radical (unpaired) electrons. The normalized spacial score (nSPS) is 25.7. The van der Waals surface area contributed by atoms with E-state index >= 15 is 0 Å². The first-order valence-corrected chi connectivity index (χ1v) is 14.7. The summed E-state index contributed by atoms with van der Waals surface area (Å²) in [6.45, 7) is 1.72. The van der Waals surface area contributed by atoms with Crippen molar-refractivity contribution in [3.05, 3.63) is 65.2 Å². The quantitative estimate of drug-likeness (QED) is 0.371. The molecule has 0 spiro atoms. The third-order valence-electron chi connectivity index (χ3n) is 7.56. The number of hydrogen-bond donors (Lipinski definition) is 3. The number of rotatable bonds is 10. The van der Waals surface area contributed by atoms with Crippen LogP contribution in [-0.4, -0.2) is 39.9 Å². The largest absolute Gasteiger partial charge is 0.416 e. The van der Waals surface area contributed by atoms with Gasteiger partial charge in [-0.3, -0.25) is 0 Å². The summed E-state index contributed by atoms with van der Waals surface area (Å²) in [4.78, 5) is 0. The number of nitrogens with one attached hydrogen (secondary N) is 3. The van der Waals surface area contributed by atoms with Crippen molar-refractivity contribution in [2.24, 2.45) is 11.8 Å². The van der Waals surface area contributed by atoms with Crippen molar-refractivity contribution in [3.8, 4) is 0 Å². The first kappa shape index (κ1) is 26.5. The fourth-order valence-corrected chi connectivity index (χ4v) is 6.49. The van der Waals surface area contributed by atoms with Crippen LogP contribution in [0, 0.1) is 11.8 Å². The summed E-state index contributed by atoms with van der Waals surface area (Å²) in [6, 6.07) is 13.4. The van der Waals surface area contributed by atoms with Gasteiger partial charge in [0.2, 0.25) is 10.0 Å². The maximum Gasteiger partial charge on any atom is 0.416 e. The number of benzene rings is 2. The van der Waals surface area contributed by atoms with Gasteiger partial charge in [0.25, 0.3) is 0 Å². The van der Waals surface area contributed by atoms with E-state index in [1.807, 2.05) is 30.3 Å². The van der Waals surface area contributed by atoms with Gasteiger partial charge in [-0.15, -0.1) is 0 Å². The highest BCUT2D eigenvalue weighted by molar-refractivity contribution is 7.89. The van der Waals surface area contributed by atoms with Crippen molar-refractivity contribution in [2.45, 2.75) is 56.5 Å². The molecule has 3 N–H and O–H groups in total. The Morgan fingerprint density at radius 1 is 1.00 bits per heavy atom. The molecule has 1 aliphatic carbocycles. The predicted molar refractivity (Wildman–Crippen MR) is 137 cm³/mol. The van der Waals surface area contributed by atoms with Crippen LogP contribution in [0.15, 0.2) is 48.5 Å². The van der Waals surface area contributed by atoms with Crippen LogP contribution >= 0.6 is 0 Å². The Kier molecular flexibility index (Phi) is 7.81. The SMILES string of the molecule is O=S(=O)(CCCNCC1CC1)NC[C@H]1CC[C@@H]2[C@H](O1)c1cc(C(F)(F)F)ccc1N[C@H]2c1ccccc1. The molecular weight excluding hydrogens is 503 g/mol. The number of halogens is 3. The molecule has 10 heteroatoms. The molecule has 5 rings (SSSR count). The minimum absolute atomic E-state index is 0.0290. The average molecular weight is 538 g/mol. The predicted octanol–water partition coefficient (Wildman–Crippen LogP) is 5.02. The minimum atomic E-state index is -4.46. The number of alkyl halides is 3. The van der Waals surface area contributed by atoms with Gasteiger partial charge in [-0.25, -0.2) is 13.1 Å². The van der Waals surface area contributed by atoms with E-state index in [1.54, 1.807) is 0 Å². The van der Waals surface area contributed by atoms with Crippen LogP contribution < -0.4 is 15.4 Å². The first-order chi connectivity index (χ1) is 17.7. The Bertz CT molecular complexity index is 1170. The standard InChI is InChI=1S/C27H34F3N3O3S/c28-27(29,30)20-9-12-24-23(15-20)26-22(25(33-24)19-5-2-1-3-6-19)11-10-21(36-26)17-32-37(34,35)14-4-13-31-16-18-7-8-18/h1-3,5-6,9,12,15,18,21-22,25-26,31-33H,4,7-8,10-11,13-14,16-17H2/t21-,22+,25+,26+/m1/s1. The van der Waals surface area contributed by atoms with Crippen molar-refractivity contribution in [2.75, 3.05) is 30.7 Å². The fraction of sp³-hybridized carbons (Fsp3) is 0.556. The van der Waals surface area contributed by atoms with E-state index in [2.05, 4.69) is 15.4 Å². The highest BCUT2D eigenvalue weighted by atomic mass is 32.2. The lowest BCUT2D eigenvalue weighted by molar-refractivity contribution is -0.138. The lowest BCUT2D eigenvalue weighted by Gasteiger charge is -2.46.